The van der Waals surface area contributed by atoms with Crippen molar-refractivity contribution in [3.63, 3.8) is 0 Å². The Kier molecular flexibility index (Phi) is 8.69. The van der Waals surface area contributed by atoms with E-state index in [0.717, 1.165) is 0 Å². The Hall–Kier alpha value is -0.617. The van der Waals surface area contributed by atoms with Crippen LogP contribution in [0.5, 0.6) is 0 Å². The van der Waals surface area contributed by atoms with Crippen molar-refractivity contribution in [2.75, 3.05) is 0 Å². The molecule has 2 unspecified atom stereocenters. The maximum absolute atomic E-state index is 2.65. The van der Waals surface area contributed by atoms with Gasteiger partial charge in [-0.1, -0.05) is 0 Å². The molecule has 0 spiro atoms. The molecule has 0 nitrogen and oxygen atoms in total. The summed E-state index contributed by atoms with van der Waals surface area (Å²) in [6.07, 6.45) is 7.65. The number of fused-ring (bicyclic) bond motifs is 2. The molecule has 164 valence electrons. The molecule has 0 heterocycles. The molecule has 0 fully saturated rings. The number of hydrogen-bond donors (Lipinski definition) is 0. The minimum Gasteiger partial charge on any atom is -1.00 e. The van der Waals surface area contributed by atoms with Crippen LogP contribution in [-0.2, 0) is 23.2 Å². The summed E-state index contributed by atoms with van der Waals surface area (Å²) in [6.45, 7) is 14.2. The normalized spacial score (nSPS) is 19.3. The van der Waals surface area contributed by atoms with Crippen molar-refractivity contribution >= 4 is 11.1 Å². The fourth-order valence-electron chi connectivity index (χ4n) is 4.80. The molecule has 0 saturated carbocycles. The maximum Gasteiger partial charge on any atom is -1.00 e. The number of rotatable bonds is 4. The molecule has 3 heteroatoms. The van der Waals surface area contributed by atoms with Gasteiger partial charge in [0.1, 0.15) is 0 Å². The maximum atomic E-state index is 2.65. The van der Waals surface area contributed by atoms with Gasteiger partial charge in [0, 0.05) is 0 Å². The van der Waals surface area contributed by atoms with Crippen LogP contribution in [0.15, 0.2) is 60.7 Å². The molecule has 2 aliphatic carbocycles. The molecule has 2 aliphatic rings. The number of allylic oxidation sites excluding steroid dienone is 4. The quantitative estimate of drug-likeness (QED) is 0.567. The summed E-state index contributed by atoms with van der Waals surface area (Å²) in [5.41, 5.74) is 10.1. The molecule has 31 heavy (non-hydrogen) atoms. The molecule has 0 saturated heterocycles. The first-order chi connectivity index (χ1) is 13.6. The zero-order valence-electron chi connectivity index (χ0n) is 19.6. The van der Waals surface area contributed by atoms with E-state index in [-0.39, 0.29) is 24.8 Å². The number of benzene rings is 2. The molecule has 0 aliphatic heterocycles. The van der Waals surface area contributed by atoms with Crippen LogP contribution in [0.2, 0.25) is 0 Å². The van der Waals surface area contributed by atoms with E-state index in [0.29, 0.717) is 18.1 Å². The third-order valence-electron chi connectivity index (χ3n) is 5.82. The van der Waals surface area contributed by atoms with Crippen molar-refractivity contribution in [2.24, 2.45) is 10.8 Å². The van der Waals surface area contributed by atoms with E-state index >= 15 is 0 Å². The van der Waals surface area contributed by atoms with Gasteiger partial charge in [0.25, 0.3) is 0 Å². The van der Waals surface area contributed by atoms with Crippen molar-refractivity contribution in [1.82, 2.24) is 0 Å². The van der Waals surface area contributed by atoms with Crippen LogP contribution in [-0.4, -0.2) is 0 Å². The molecule has 2 atom stereocenters. The van der Waals surface area contributed by atoms with Gasteiger partial charge < -0.3 is 24.8 Å². The Labute approximate surface area is 213 Å². The Morgan fingerprint density at radius 1 is 0.613 bits per heavy atom. The SMILES string of the molecule is CC(C)(C)CC1=C[CH]([Zr+2][CH]2C=C(CC(C)(C)C)c3ccccc32)c2ccccc21.[Cl-].[Cl-]. The molecule has 0 bridgehead atoms. The Balaban J connectivity index is 0.00000171. The largest absolute Gasteiger partial charge is 1.00 e. The van der Waals surface area contributed by atoms with Gasteiger partial charge in [-0.2, -0.15) is 0 Å². The zero-order valence-corrected chi connectivity index (χ0v) is 23.6. The van der Waals surface area contributed by atoms with E-state index in [1.54, 1.807) is 22.3 Å². The second-order valence-electron chi connectivity index (χ2n) is 11.2. The summed E-state index contributed by atoms with van der Waals surface area (Å²) in [6, 6.07) is 18.4. The fourth-order valence-corrected chi connectivity index (χ4v) is 9.34. The molecular formula is C28H34Cl2Zr. The van der Waals surface area contributed by atoms with Crippen LogP contribution in [0.1, 0.15) is 83.9 Å². The van der Waals surface area contributed by atoms with Gasteiger partial charge in [-0.15, -0.1) is 0 Å². The van der Waals surface area contributed by atoms with Gasteiger partial charge in [0.05, 0.1) is 0 Å². The van der Waals surface area contributed by atoms with E-state index in [1.807, 2.05) is 0 Å². The van der Waals surface area contributed by atoms with Crippen LogP contribution in [0.4, 0.5) is 0 Å². The smallest absolute Gasteiger partial charge is 1.00 e. The minimum absolute atomic E-state index is 0. The van der Waals surface area contributed by atoms with Gasteiger partial charge in [-0.05, 0) is 0 Å². The number of hydrogen-bond acceptors (Lipinski definition) is 0. The first-order valence-corrected chi connectivity index (χ1v) is 13.8. The Morgan fingerprint density at radius 3 is 1.32 bits per heavy atom. The fraction of sp³-hybridized carbons (Fsp3) is 0.429. The van der Waals surface area contributed by atoms with Crippen molar-refractivity contribution in [1.29, 1.82) is 0 Å². The first-order valence-electron chi connectivity index (χ1n) is 11.0. The average Bonchev–Trinajstić information content (AvgIpc) is 3.12. The van der Waals surface area contributed by atoms with E-state index < -0.39 is 23.2 Å². The van der Waals surface area contributed by atoms with Crippen molar-refractivity contribution in [3.05, 3.63) is 82.9 Å². The molecule has 2 aromatic rings. The number of halogens is 2. The molecule has 0 aromatic heterocycles. The minimum atomic E-state index is -0.723. The third kappa shape index (κ3) is 6.25. The predicted octanol–water partition coefficient (Wildman–Crippen LogP) is 2.23. The van der Waals surface area contributed by atoms with Crippen molar-refractivity contribution < 1.29 is 48.0 Å². The van der Waals surface area contributed by atoms with Crippen LogP contribution < -0.4 is 24.8 Å². The standard InChI is InChI=1S/2C14H17.2ClH.Zr/c2*1-14(2,3)10-12-9-8-11-6-4-5-7-13(11)12;;;/h2*4-9H,10H2,1-3H3;2*1H;/q;;;;+2/p-2. The van der Waals surface area contributed by atoms with E-state index in [9.17, 15) is 0 Å². The summed E-state index contributed by atoms with van der Waals surface area (Å²) in [4.78, 5) is 0. The van der Waals surface area contributed by atoms with E-state index in [2.05, 4.69) is 102 Å². The molecular weight excluding hydrogens is 498 g/mol. The van der Waals surface area contributed by atoms with Crippen molar-refractivity contribution in [3.8, 4) is 0 Å². The van der Waals surface area contributed by atoms with Crippen molar-refractivity contribution in [2.45, 2.75) is 61.6 Å². The monoisotopic (exact) mass is 530 g/mol. The van der Waals surface area contributed by atoms with Crippen LogP contribution in [0.25, 0.3) is 11.1 Å². The molecule has 2 aromatic carbocycles. The first kappa shape index (κ1) is 26.6. The predicted molar refractivity (Wildman–Crippen MR) is 122 cm³/mol. The summed E-state index contributed by atoms with van der Waals surface area (Å²) in [5, 5.41) is 0. The van der Waals surface area contributed by atoms with Gasteiger partial charge in [-0.3, -0.25) is 0 Å². The van der Waals surface area contributed by atoms with Crippen LogP contribution in [0, 0.1) is 10.8 Å². The summed E-state index contributed by atoms with van der Waals surface area (Å²) in [5.74, 6) is 0. The zero-order chi connectivity index (χ0) is 20.8. The third-order valence-corrected chi connectivity index (χ3v) is 9.93. The molecule has 0 amide bonds. The summed E-state index contributed by atoms with van der Waals surface area (Å²) in [7, 11) is 0. The van der Waals surface area contributed by atoms with Crippen LogP contribution in [0.3, 0.4) is 0 Å². The molecule has 4 rings (SSSR count). The Bertz CT molecular complexity index is 893. The average molecular weight is 533 g/mol. The Morgan fingerprint density at radius 2 is 0.968 bits per heavy atom. The summed E-state index contributed by atoms with van der Waals surface area (Å²) >= 11 is -0.723. The van der Waals surface area contributed by atoms with Gasteiger partial charge in [0.15, 0.2) is 0 Å². The molecule has 0 radical (unpaired) electrons. The topological polar surface area (TPSA) is 0 Å². The van der Waals surface area contributed by atoms with Gasteiger partial charge >= 0.3 is 190 Å². The second kappa shape index (κ2) is 10.1. The van der Waals surface area contributed by atoms with Gasteiger partial charge in [0.2, 0.25) is 0 Å². The van der Waals surface area contributed by atoms with E-state index in [1.165, 1.54) is 24.0 Å². The van der Waals surface area contributed by atoms with Crippen LogP contribution >= 0.6 is 0 Å². The van der Waals surface area contributed by atoms with Gasteiger partial charge in [-0.25, -0.2) is 0 Å². The summed E-state index contributed by atoms with van der Waals surface area (Å²) < 4.78 is 1.38. The second-order valence-corrected chi connectivity index (χ2v) is 15.0. The molecule has 0 N–H and O–H groups in total. The van der Waals surface area contributed by atoms with E-state index in [4.69, 9.17) is 0 Å².